The van der Waals surface area contributed by atoms with Crippen LogP contribution in [0.2, 0.25) is 0 Å². The standard InChI is InChI=1S/C16H21N5O5S/c1-11-4-6-14(7-5-11)27(25,26)18-9-8-17-15(22)10-20-13(3)16(21(23)24)12(2)19-20/h4-7,18H,8-10H2,1-3H3,(H,17,22). The Morgan fingerprint density at radius 1 is 1.19 bits per heavy atom. The van der Waals surface area contributed by atoms with Gasteiger partial charge in [-0.05, 0) is 32.9 Å². The van der Waals surface area contributed by atoms with Crippen LogP contribution < -0.4 is 10.0 Å². The molecule has 0 spiro atoms. The molecule has 1 amide bonds. The third kappa shape index (κ3) is 5.11. The van der Waals surface area contributed by atoms with Gasteiger partial charge in [-0.1, -0.05) is 17.7 Å². The van der Waals surface area contributed by atoms with Crippen molar-refractivity contribution in [1.82, 2.24) is 19.8 Å². The Balaban J connectivity index is 1.85. The van der Waals surface area contributed by atoms with Crippen LogP contribution >= 0.6 is 0 Å². The maximum atomic E-state index is 12.1. The molecule has 2 N–H and O–H groups in total. The van der Waals surface area contributed by atoms with Gasteiger partial charge in [-0.15, -0.1) is 0 Å². The number of carbonyl (C=O) groups is 1. The highest BCUT2D eigenvalue weighted by molar-refractivity contribution is 7.89. The molecule has 10 nitrogen and oxygen atoms in total. The van der Waals surface area contributed by atoms with Gasteiger partial charge in [-0.2, -0.15) is 5.10 Å². The van der Waals surface area contributed by atoms with Gasteiger partial charge in [0.2, 0.25) is 15.9 Å². The van der Waals surface area contributed by atoms with E-state index in [1.807, 2.05) is 6.92 Å². The third-order valence-corrected chi connectivity index (χ3v) is 5.37. The maximum Gasteiger partial charge on any atom is 0.312 e. The van der Waals surface area contributed by atoms with E-state index in [1.165, 1.54) is 30.7 Å². The molecule has 0 saturated carbocycles. The minimum absolute atomic E-state index is 0.0131. The highest BCUT2D eigenvalue weighted by Gasteiger charge is 2.22. The molecule has 2 rings (SSSR count). The Morgan fingerprint density at radius 3 is 2.37 bits per heavy atom. The second-order valence-corrected chi connectivity index (χ2v) is 7.76. The van der Waals surface area contributed by atoms with Crippen molar-refractivity contribution in [3.8, 4) is 0 Å². The smallest absolute Gasteiger partial charge is 0.312 e. The lowest BCUT2D eigenvalue weighted by atomic mass is 10.2. The number of rotatable bonds is 8. The van der Waals surface area contributed by atoms with Crippen molar-refractivity contribution in [3.63, 3.8) is 0 Å². The van der Waals surface area contributed by atoms with E-state index in [9.17, 15) is 23.3 Å². The van der Waals surface area contributed by atoms with E-state index in [0.717, 1.165) is 5.56 Å². The number of carbonyl (C=O) groups excluding carboxylic acids is 1. The summed E-state index contributed by atoms with van der Waals surface area (Å²) in [7, 11) is -3.65. The Labute approximate surface area is 156 Å². The average molecular weight is 395 g/mol. The summed E-state index contributed by atoms with van der Waals surface area (Å²) in [5, 5.41) is 17.5. The van der Waals surface area contributed by atoms with E-state index in [2.05, 4.69) is 15.1 Å². The van der Waals surface area contributed by atoms with Gasteiger partial charge in [-0.25, -0.2) is 13.1 Å². The van der Waals surface area contributed by atoms with Crippen LogP contribution in [0.15, 0.2) is 29.2 Å². The molecule has 0 aliphatic carbocycles. The molecule has 1 heterocycles. The van der Waals surface area contributed by atoms with Gasteiger partial charge in [0.15, 0.2) is 0 Å². The van der Waals surface area contributed by atoms with E-state index < -0.39 is 20.9 Å². The number of nitrogens with zero attached hydrogens (tertiary/aromatic N) is 3. The lowest BCUT2D eigenvalue weighted by molar-refractivity contribution is -0.386. The molecule has 0 fully saturated rings. The number of nitrogens with one attached hydrogen (secondary N) is 2. The molecule has 0 unspecified atom stereocenters. The highest BCUT2D eigenvalue weighted by atomic mass is 32.2. The normalized spacial score (nSPS) is 11.4. The maximum absolute atomic E-state index is 12.1. The van der Waals surface area contributed by atoms with E-state index >= 15 is 0 Å². The molecule has 1 aromatic heterocycles. The summed E-state index contributed by atoms with van der Waals surface area (Å²) in [4.78, 5) is 22.5. The van der Waals surface area contributed by atoms with E-state index in [0.29, 0.717) is 0 Å². The zero-order valence-electron chi connectivity index (χ0n) is 15.2. The van der Waals surface area contributed by atoms with Crippen LogP contribution in [-0.4, -0.2) is 42.1 Å². The Kier molecular flexibility index (Phi) is 6.28. The Bertz CT molecular complexity index is 950. The number of aromatic nitrogens is 2. The van der Waals surface area contributed by atoms with Crippen molar-refractivity contribution in [2.45, 2.75) is 32.2 Å². The predicted molar refractivity (Wildman–Crippen MR) is 97.7 cm³/mol. The number of hydrogen-bond donors (Lipinski definition) is 2. The summed E-state index contributed by atoms with van der Waals surface area (Å²) in [6, 6.07) is 6.41. The summed E-state index contributed by atoms with van der Waals surface area (Å²) in [6.45, 7) is 4.77. The third-order valence-electron chi connectivity index (χ3n) is 3.89. The average Bonchev–Trinajstić information content (AvgIpc) is 2.85. The quantitative estimate of drug-likeness (QED) is 0.386. The first-order valence-electron chi connectivity index (χ1n) is 8.13. The lowest BCUT2D eigenvalue weighted by Gasteiger charge is -2.09. The molecule has 146 valence electrons. The van der Waals surface area contributed by atoms with E-state index in [1.54, 1.807) is 12.1 Å². The zero-order valence-corrected chi connectivity index (χ0v) is 16.0. The molecule has 0 atom stereocenters. The van der Waals surface area contributed by atoms with Crippen LogP contribution in [0.4, 0.5) is 5.69 Å². The van der Waals surface area contributed by atoms with Gasteiger partial charge in [0.05, 0.1) is 9.82 Å². The summed E-state index contributed by atoms with van der Waals surface area (Å²) in [5.41, 5.74) is 1.35. The monoisotopic (exact) mass is 395 g/mol. The van der Waals surface area contributed by atoms with Crippen molar-refractivity contribution in [1.29, 1.82) is 0 Å². The zero-order chi connectivity index (χ0) is 20.2. The highest BCUT2D eigenvalue weighted by Crippen LogP contribution is 2.21. The van der Waals surface area contributed by atoms with Crippen LogP contribution in [0.5, 0.6) is 0 Å². The molecular weight excluding hydrogens is 374 g/mol. The van der Waals surface area contributed by atoms with Crippen LogP contribution in [0.25, 0.3) is 0 Å². The molecule has 2 aromatic rings. The fourth-order valence-electron chi connectivity index (χ4n) is 2.49. The topological polar surface area (TPSA) is 136 Å². The minimum Gasteiger partial charge on any atom is -0.353 e. The van der Waals surface area contributed by atoms with Crippen LogP contribution in [0, 0.1) is 30.9 Å². The molecule has 0 aliphatic rings. The number of hydrogen-bond acceptors (Lipinski definition) is 6. The number of nitro groups is 1. The van der Waals surface area contributed by atoms with Crippen molar-refractivity contribution in [2.75, 3.05) is 13.1 Å². The van der Waals surface area contributed by atoms with Crippen LogP contribution in [0.3, 0.4) is 0 Å². The first kappa shape index (κ1) is 20.5. The largest absolute Gasteiger partial charge is 0.353 e. The molecule has 0 aliphatic heterocycles. The van der Waals surface area contributed by atoms with Crippen molar-refractivity contribution in [2.24, 2.45) is 0 Å². The Morgan fingerprint density at radius 2 is 1.81 bits per heavy atom. The number of aryl methyl sites for hydroxylation is 2. The molecule has 11 heteroatoms. The van der Waals surface area contributed by atoms with Gasteiger partial charge in [0, 0.05) is 13.1 Å². The van der Waals surface area contributed by atoms with Crippen LogP contribution in [0.1, 0.15) is 17.0 Å². The summed E-state index contributed by atoms with van der Waals surface area (Å²) < 4.78 is 27.9. The van der Waals surface area contributed by atoms with Crippen molar-refractivity contribution in [3.05, 3.63) is 51.3 Å². The van der Waals surface area contributed by atoms with Gasteiger partial charge in [0.1, 0.15) is 17.9 Å². The van der Waals surface area contributed by atoms with E-state index in [4.69, 9.17) is 0 Å². The van der Waals surface area contributed by atoms with Crippen molar-refractivity contribution < 1.29 is 18.1 Å². The fraction of sp³-hybridized carbons (Fsp3) is 0.375. The second-order valence-electron chi connectivity index (χ2n) is 5.99. The second kappa shape index (κ2) is 8.27. The molecule has 0 bridgehead atoms. The molecule has 0 saturated heterocycles. The van der Waals surface area contributed by atoms with Gasteiger partial charge in [-0.3, -0.25) is 19.6 Å². The predicted octanol–water partition coefficient (Wildman–Crippen LogP) is 0.811. The SMILES string of the molecule is Cc1ccc(S(=O)(=O)NCCNC(=O)Cn2nc(C)c([N+](=O)[O-])c2C)cc1. The summed E-state index contributed by atoms with van der Waals surface area (Å²) in [5.74, 6) is -0.426. The van der Waals surface area contributed by atoms with Gasteiger partial charge in [0.25, 0.3) is 0 Å². The van der Waals surface area contributed by atoms with Gasteiger partial charge < -0.3 is 5.32 Å². The molecule has 0 radical (unpaired) electrons. The first-order valence-corrected chi connectivity index (χ1v) is 9.61. The first-order chi connectivity index (χ1) is 12.6. The fourth-order valence-corrected chi connectivity index (χ4v) is 3.52. The van der Waals surface area contributed by atoms with E-state index in [-0.39, 0.29) is 41.6 Å². The lowest BCUT2D eigenvalue weighted by Crippen LogP contribution is -2.36. The van der Waals surface area contributed by atoms with Gasteiger partial charge >= 0.3 is 5.69 Å². The minimum atomic E-state index is -3.65. The Hall–Kier alpha value is -2.79. The number of sulfonamides is 1. The summed E-state index contributed by atoms with van der Waals surface area (Å²) >= 11 is 0. The summed E-state index contributed by atoms with van der Waals surface area (Å²) in [6.07, 6.45) is 0. The molecule has 1 aromatic carbocycles. The molecule has 27 heavy (non-hydrogen) atoms. The number of benzene rings is 1. The number of amides is 1. The molecular formula is C16H21N5O5S. The van der Waals surface area contributed by atoms with Crippen molar-refractivity contribution >= 4 is 21.6 Å². The van der Waals surface area contributed by atoms with Crippen LogP contribution in [-0.2, 0) is 21.4 Å².